The van der Waals surface area contributed by atoms with E-state index < -0.39 is 9.36 Å². The van der Waals surface area contributed by atoms with E-state index in [-0.39, 0.29) is 11.8 Å². The number of rotatable bonds is 7. The second kappa shape index (κ2) is 9.15. The van der Waals surface area contributed by atoms with Crippen molar-refractivity contribution in [2.24, 2.45) is 0 Å². The third-order valence-electron chi connectivity index (χ3n) is 3.82. The van der Waals surface area contributed by atoms with E-state index in [0.717, 1.165) is 6.42 Å². The molecule has 5 nitrogen and oxygen atoms in total. The van der Waals surface area contributed by atoms with E-state index in [2.05, 4.69) is 0 Å². The van der Waals surface area contributed by atoms with E-state index in [1.165, 1.54) is 0 Å². The van der Waals surface area contributed by atoms with Crippen LogP contribution in [0.5, 0.6) is 0 Å². The molecule has 6 heteroatoms. The van der Waals surface area contributed by atoms with Crippen LogP contribution in [0.25, 0.3) is 0 Å². The highest BCUT2D eigenvalue weighted by Gasteiger charge is 2.32. The zero-order valence-corrected chi connectivity index (χ0v) is 16.0. The Hall–Kier alpha value is -2.44. The van der Waals surface area contributed by atoms with E-state index in [9.17, 15) is 9.59 Å². The summed E-state index contributed by atoms with van der Waals surface area (Å²) in [6, 6.07) is 18.1. The van der Waals surface area contributed by atoms with Crippen LogP contribution in [0.2, 0.25) is 0 Å². The Morgan fingerprint density at radius 2 is 1.24 bits per heavy atom. The van der Waals surface area contributed by atoms with Crippen molar-refractivity contribution >= 4 is 21.2 Å². The van der Waals surface area contributed by atoms with Crippen molar-refractivity contribution in [1.82, 2.24) is 9.13 Å². The summed E-state index contributed by atoms with van der Waals surface area (Å²) in [4.78, 5) is 25.5. The molecule has 0 radical (unpaired) electrons. The van der Waals surface area contributed by atoms with Gasteiger partial charge in [-0.15, -0.1) is 0 Å². The molecule has 0 N–H and O–H groups in total. The average Bonchev–Trinajstić information content (AvgIpc) is 2.68. The fourth-order valence-corrected chi connectivity index (χ4v) is 4.59. The molecule has 2 aromatic carbocycles. The predicted octanol–water partition coefficient (Wildman–Crippen LogP) is 2.67. The first-order valence-electron chi connectivity index (χ1n) is 8.32. The van der Waals surface area contributed by atoms with Crippen molar-refractivity contribution in [3.63, 3.8) is 0 Å². The lowest BCUT2D eigenvalue weighted by Gasteiger charge is -2.33. The summed E-state index contributed by atoms with van der Waals surface area (Å²) < 4.78 is 9.13. The Morgan fingerprint density at radius 3 is 1.60 bits per heavy atom. The van der Waals surface area contributed by atoms with Gasteiger partial charge in [0.2, 0.25) is 11.8 Å². The first kappa shape index (κ1) is 18.9. The van der Waals surface area contributed by atoms with Crippen LogP contribution in [0.3, 0.4) is 0 Å². The zero-order valence-electron chi connectivity index (χ0n) is 14.9. The summed E-state index contributed by atoms with van der Waals surface area (Å²) in [7, 11) is 0.983. The second-order valence-electron chi connectivity index (χ2n) is 5.76. The van der Waals surface area contributed by atoms with E-state index in [4.69, 9.17) is 4.43 Å². The largest absolute Gasteiger partial charge is 0.407 e. The highest BCUT2D eigenvalue weighted by molar-refractivity contribution is 6.53. The van der Waals surface area contributed by atoms with Gasteiger partial charge in [0.05, 0.1) is 0 Å². The highest BCUT2D eigenvalue weighted by atomic mass is 28.3. The lowest BCUT2D eigenvalue weighted by molar-refractivity contribution is 0.0778. The summed E-state index contributed by atoms with van der Waals surface area (Å²) in [6.07, 6.45) is 0.824. The van der Waals surface area contributed by atoms with Crippen molar-refractivity contribution in [3.05, 3.63) is 71.8 Å². The molecule has 0 saturated heterocycles. The van der Waals surface area contributed by atoms with Gasteiger partial charge in [0.15, 0.2) is 0 Å². The maximum atomic E-state index is 12.8. The molecule has 0 aliphatic carbocycles. The number of benzene rings is 2. The molecule has 0 aromatic heterocycles. The van der Waals surface area contributed by atoms with E-state index in [0.29, 0.717) is 17.7 Å². The van der Waals surface area contributed by atoms with Gasteiger partial charge < -0.3 is 13.6 Å². The molecule has 0 bridgehead atoms. The molecule has 2 amide bonds. The number of hydrogen-bond acceptors (Lipinski definition) is 3. The molecule has 2 rings (SSSR count). The quantitative estimate of drug-likeness (QED) is 0.717. The molecule has 2 aromatic rings. The molecule has 0 unspecified atom stereocenters. The Labute approximate surface area is 150 Å². The molecule has 0 aliphatic rings. The molecule has 0 spiro atoms. The predicted molar refractivity (Wildman–Crippen MR) is 100 cm³/mol. The van der Waals surface area contributed by atoms with Crippen molar-refractivity contribution in [3.8, 4) is 0 Å². The zero-order chi connectivity index (χ0) is 18.2. The lowest BCUT2D eigenvalue weighted by atomic mass is 10.2. The van der Waals surface area contributed by atoms with Crippen molar-refractivity contribution in [2.45, 2.75) is 13.3 Å². The fraction of sp³-hybridized carbons (Fsp3) is 0.263. The molecule has 0 heterocycles. The summed E-state index contributed by atoms with van der Waals surface area (Å²) in [5.74, 6) is -0.276. The minimum Gasteiger partial charge on any atom is -0.385 e. The molecule has 132 valence electrons. The first-order valence-corrected chi connectivity index (χ1v) is 9.82. The highest BCUT2D eigenvalue weighted by Crippen LogP contribution is 2.11. The smallest absolute Gasteiger partial charge is 0.385 e. The van der Waals surface area contributed by atoms with Crippen molar-refractivity contribution in [2.75, 3.05) is 20.7 Å². The van der Waals surface area contributed by atoms with Gasteiger partial charge in [-0.2, -0.15) is 0 Å². The van der Waals surface area contributed by atoms with Gasteiger partial charge in [-0.25, -0.2) is 0 Å². The van der Waals surface area contributed by atoms with E-state index >= 15 is 0 Å². The van der Waals surface area contributed by atoms with Gasteiger partial charge in [-0.3, -0.25) is 9.59 Å². The Morgan fingerprint density at radius 1 is 0.840 bits per heavy atom. The Bertz CT molecular complexity index is 637. The van der Waals surface area contributed by atoms with Crippen LogP contribution in [0.1, 0.15) is 34.1 Å². The standard InChI is InChI=1S/C19H24N2O3Si/c1-4-15-24-25(20(2)18(22)16-11-7-5-8-12-16)21(3)19(23)17-13-9-6-10-14-17/h5-14,25H,4,15H2,1-3H3. The van der Waals surface area contributed by atoms with Gasteiger partial charge in [-0.1, -0.05) is 43.3 Å². The Balaban J connectivity index is 2.22. The maximum absolute atomic E-state index is 12.8. The summed E-state index contributed by atoms with van der Waals surface area (Å²) in [5, 5.41) is 0. The van der Waals surface area contributed by atoms with Crippen LogP contribution in [-0.4, -0.2) is 51.0 Å². The fourth-order valence-electron chi connectivity index (χ4n) is 2.48. The monoisotopic (exact) mass is 356 g/mol. The summed E-state index contributed by atoms with van der Waals surface area (Å²) >= 11 is 0. The van der Waals surface area contributed by atoms with Gasteiger partial charge in [0, 0.05) is 31.8 Å². The topological polar surface area (TPSA) is 49.9 Å². The first-order chi connectivity index (χ1) is 12.1. The molecule has 0 fully saturated rings. The molecular weight excluding hydrogens is 332 g/mol. The van der Waals surface area contributed by atoms with E-state index in [1.54, 1.807) is 47.5 Å². The molecule has 0 aliphatic heterocycles. The molecule has 25 heavy (non-hydrogen) atoms. The minimum absolute atomic E-state index is 0.138. The van der Waals surface area contributed by atoms with E-state index in [1.807, 2.05) is 43.3 Å². The van der Waals surface area contributed by atoms with Gasteiger partial charge in [0.1, 0.15) is 0 Å². The number of hydrogen-bond donors (Lipinski definition) is 0. The third kappa shape index (κ3) is 4.77. The minimum atomic E-state index is -2.43. The van der Waals surface area contributed by atoms with Crippen LogP contribution < -0.4 is 0 Å². The number of carbonyl (C=O) groups excluding carboxylic acids is 2. The van der Waals surface area contributed by atoms with Gasteiger partial charge in [-0.05, 0) is 30.7 Å². The van der Waals surface area contributed by atoms with Crippen molar-refractivity contribution < 1.29 is 14.0 Å². The van der Waals surface area contributed by atoms with Gasteiger partial charge >= 0.3 is 9.36 Å². The Kier molecular flexibility index (Phi) is 6.91. The maximum Gasteiger partial charge on any atom is 0.407 e. The van der Waals surface area contributed by atoms with Gasteiger partial charge in [0.25, 0.3) is 0 Å². The summed E-state index contributed by atoms with van der Waals surface area (Å²) in [5.41, 5.74) is 1.17. The van der Waals surface area contributed by atoms with Crippen LogP contribution >= 0.6 is 0 Å². The average molecular weight is 356 g/mol. The molecule has 0 atom stereocenters. The number of nitrogens with zero attached hydrogens (tertiary/aromatic N) is 2. The lowest BCUT2D eigenvalue weighted by Crippen LogP contribution is -2.56. The third-order valence-corrected chi connectivity index (χ3v) is 6.14. The number of amides is 2. The van der Waals surface area contributed by atoms with Crippen LogP contribution in [0.15, 0.2) is 60.7 Å². The summed E-state index contributed by atoms with van der Waals surface area (Å²) in [6.45, 7) is 2.51. The SMILES string of the molecule is CCCO[SiH](N(C)C(=O)c1ccccc1)N(C)C(=O)c1ccccc1. The van der Waals surface area contributed by atoms with Crippen LogP contribution in [0.4, 0.5) is 0 Å². The molecule has 0 saturated carbocycles. The number of carbonyl (C=O) groups is 2. The van der Waals surface area contributed by atoms with Crippen molar-refractivity contribution in [1.29, 1.82) is 0 Å². The van der Waals surface area contributed by atoms with Crippen LogP contribution in [-0.2, 0) is 4.43 Å². The molecular formula is C19H24N2O3Si. The second-order valence-corrected chi connectivity index (χ2v) is 8.30. The van der Waals surface area contributed by atoms with Crippen LogP contribution in [0, 0.1) is 0 Å². The normalized spacial score (nSPS) is 10.6.